The number of thiocarbonyl (C=S) groups is 2. The Labute approximate surface area is 171 Å². The number of hydrogen-bond acceptors (Lipinski definition) is 5. The van der Waals surface area contributed by atoms with Gasteiger partial charge >= 0.3 is 0 Å². The van der Waals surface area contributed by atoms with Gasteiger partial charge in [0.15, 0.2) is 5.11 Å². The molecule has 8 heteroatoms. The Morgan fingerprint density at radius 3 is 2.67 bits per heavy atom. The Morgan fingerprint density at radius 2 is 2.11 bits per heavy atom. The first kappa shape index (κ1) is 21.5. The lowest BCUT2D eigenvalue weighted by Gasteiger charge is -2.45. The van der Waals surface area contributed by atoms with Crippen molar-refractivity contribution in [3.8, 4) is 0 Å². The van der Waals surface area contributed by atoms with E-state index in [4.69, 9.17) is 29.3 Å². The molecule has 0 radical (unpaired) electrons. The first-order valence-corrected chi connectivity index (χ1v) is 9.95. The van der Waals surface area contributed by atoms with Gasteiger partial charge in [0.25, 0.3) is 0 Å². The van der Waals surface area contributed by atoms with Crippen molar-refractivity contribution in [3.05, 3.63) is 29.8 Å². The lowest BCUT2D eigenvalue weighted by molar-refractivity contribution is -0.132. The molecular weight excluding hydrogens is 380 g/mol. The highest BCUT2D eigenvalue weighted by molar-refractivity contribution is 7.80. The summed E-state index contributed by atoms with van der Waals surface area (Å²) in [6.45, 7) is 6.09. The van der Waals surface area contributed by atoms with Gasteiger partial charge in [-0.2, -0.15) is 0 Å². The van der Waals surface area contributed by atoms with Crippen molar-refractivity contribution < 1.29 is 9.63 Å². The van der Waals surface area contributed by atoms with Crippen LogP contribution in [0.3, 0.4) is 0 Å². The molecule has 0 bridgehead atoms. The fourth-order valence-electron chi connectivity index (χ4n) is 3.21. The predicted molar refractivity (Wildman–Crippen MR) is 117 cm³/mol. The van der Waals surface area contributed by atoms with Gasteiger partial charge in [-0.25, -0.2) is 0 Å². The molecular formula is C19H28N4O2S2. The zero-order chi connectivity index (χ0) is 20.1. The third-order valence-electron chi connectivity index (χ3n) is 5.11. The highest BCUT2D eigenvalue weighted by Crippen LogP contribution is 2.48. The minimum Gasteiger partial charge on any atom is -0.364 e. The van der Waals surface area contributed by atoms with Crippen molar-refractivity contribution in [3.63, 3.8) is 0 Å². The number of amides is 1. The lowest BCUT2D eigenvalue weighted by Crippen LogP contribution is -2.57. The molecule has 1 aliphatic rings. The molecule has 148 valence electrons. The topological polar surface area (TPSA) is 74.4 Å². The second kappa shape index (κ2) is 8.95. The molecule has 0 aliphatic heterocycles. The molecule has 0 heterocycles. The van der Waals surface area contributed by atoms with Gasteiger partial charge < -0.3 is 5.32 Å². The number of hydrazine groups is 1. The van der Waals surface area contributed by atoms with Crippen molar-refractivity contribution in [1.29, 1.82) is 0 Å². The quantitative estimate of drug-likeness (QED) is 0.408. The molecule has 1 aliphatic carbocycles. The molecule has 1 amide bonds. The van der Waals surface area contributed by atoms with Crippen LogP contribution in [0.1, 0.15) is 45.6 Å². The Hall–Kier alpha value is -1.77. The number of rotatable bonds is 7. The predicted octanol–water partition coefficient (Wildman–Crippen LogP) is 2.99. The lowest BCUT2D eigenvalue weighted by atomic mass is 9.58. The zero-order valence-corrected chi connectivity index (χ0v) is 17.9. The van der Waals surface area contributed by atoms with Gasteiger partial charge in [-0.05, 0) is 62.0 Å². The van der Waals surface area contributed by atoms with Gasteiger partial charge in [-0.15, -0.1) is 0 Å². The van der Waals surface area contributed by atoms with Crippen LogP contribution >= 0.6 is 24.4 Å². The fourth-order valence-corrected chi connectivity index (χ4v) is 3.48. The third kappa shape index (κ3) is 4.94. The van der Waals surface area contributed by atoms with E-state index >= 15 is 0 Å². The van der Waals surface area contributed by atoms with Crippen LogP contribution < -0.4 is 21.6 Å². The molecule has 4 N–H and O–H groups in total. The number of anilines is 1. The Morgan fingerprint density at radius 1 is 1.41 bits per heavy atom. The summed E-state index contributed by atoms with van der Waals surface area (Å²) in [5, 5.41) is 4.76. The van der Waals surface area contributed by atoms with E-state index in [0.717, 1.165) is 30.5 Å². The van der Waals surface area contributed by atoms with E-state index in [-0.39, 0.29) is 5.91 Å². The van der Waals surface area contributed by atoms with Crippen molar-refractivity contribution in [2.45, 2.75) is 51.0 Å². The summed E-state index contributed by atoms with van der Waals surface area (Å²) >= 11 is 10.1. The van der Waals surface area contributed by atoms with Gasteiger partial charge in [-0.1, -0.05) is 38.2 Å². The van der Waals surface area contributed by atoms with Gasteiger partial charge in [0, 0.05) is 12.4 Å². The van der Waals surface area contributed by atoms with Gasteiger partial charge in [0.05, 0.1) is 11.1 Å². The summed E-state index contributed by atoms with van der Waals surface area (Å²) in [6, 6.07) is 7.77. The summed E-state index contributed by atoms with van der Waals surface area (Å²) in [7, 11) is 1.70. The first-order valence-electron chi connectivity index (χ1n) is 9.07. The number of hydrogen-bond donors (Lipinski definition) is 4. The van der Waals surface area contributed by atoms with Crippen LogP contribution in [0, 0.1) is 5.92 Å². The fraction of sp³-hybridized carbons (Fsp3) is 0.526. The van der Waals surface area contributed by atoms with E-state index in [2.05, 4.69) is 28.6 Å². The van der Waals surface area contributed by atoms with Crippen LogP contribution in [-0.2, 0) is 15.0 Å². The van der Waals surface area contributed by atoms with Gasteiger partial charge in [0.1, 0.15) is 5.60 Å². The number of nitrogens with one attached hydrogen (secondary N) is 4. The Balaban J connectivity index is 2.17. The smallest absolute Gasteiger partial charge is 0.249 e. The maximum Gasteiger partial charge on any atom is 0.249 e. The van der Waals surface area contributed by atoms with Gasteiger partial charge in [-0.3, -0.25) is 26.0 Å². The normalized spacial score (nSPS) is 23.3. The molecule has 1 fully saturated rings. The first-order chi connectivity index (χ1) is 12.8. The van der Waals surface area contributed by atoms with Crippen molar-refractivity contribution in [2.75, 3.05) is 12.5 Å². The molecule has 27 heavy (non-hydrogen) atoms. The average molecular weight is 409 g/mol. The standard InChI is InChI=1S/C19H28N4O2S2/c1-5-18(3,12-26)25-23-15-8-6-7-14(9-15)19(10-13(2)11-19)16(24)21-22-17(27)20-4/h6-9,12-13,23H,5,10-11H2,1-4H3,(H,21,24)(H2,20,22,27). The molecule has 1 aromatic carbocycles. The van der Waals surface area contributed by atoms with Crippen LogP contribution in [0.25, 0.3) is 0 Å². The molecule has 1 aromatic rings. The minimum atomic E-state index is -0.578. The number of carbonyl (C=O) groups excluding carboxylic acids is 1. The largest absolute Gasteiger partial charge is 0.364 e. The third-order valence-corrected chi connectivity index (χ3v) is 5.92. The van der Waals surface area contributed by atoms with Crippen LogP contribution in [0.5, 0.6) is 0 Å². The maximum atomic E-state index is 12.9. The second-order valence-electron chi connectivity index (χ2n) is 7.32. The van der Waals surface area contributed by atoms with Crippen LogP contribution in [0.4, 0.5) is 5.69 Å². The van der Waals surface area contributed by atoms with E-state index in [9.17, 15) is 4.79 Å². The summed E-state index contributed by atoms with van der Waals surface area (Å²) in [6.07, 6.45) is 2.32. The monoisotopic (exact) mass is 408 g/mol. The summed E-state index contributed by atoms with van der Waals surface area (Å²) < 4.78 is 0. The van der Waals surface area contributed by atoms with E-state index in [1.165, 1.54) is 0 Å². The van der Waals surface area contributed by atoms with E-state index in [1.54, 1.807) is 12.4 Å². The Bertz CT molecular complexity index is 707. The van der Waals surface area contributed by atoms with Crippen molar-refractivity contribution >= 4 is 46.5 Å². The Kier molecular flexibility index (Phi) is 7.13. The maximum absolute atomic E-state index is 12.9. The molecule has 0 spiro atoms. The molecule has 1 atom stereocenters. The summed E-state index contributed by atoms with van der Waals surface area (Å²) in [4.78, 5) is 18.7. The average Bonchev–Trinajstić information content (AvgIpc) is 2.67. The summed E-state index contributed by atoms with van der Waals surface area (Å²) in [5.74, 6) is 0.395. The van der Waals surface area contributed by atoms with Gasteiger partial charge in [0.2, 0.25) is 5.91 Å². The zero-order valence-electron chi connectivity index (χ0n) is 16.2. The number of benzene rings is 1. The van der Waals surface area contributed by atoms with E-state index < -0.39 is 11.0 Å². The molecule has 2 rings (SSSR count). The number of carbonyl (C=O) groups is 1. The highest BCUT2D eigenvalue weighted by Gasteiger charge is 2.49. The SMILES string of the molecule is CCC(C)(C=S)ONc1cccc(C2(C(=O)NNC(=S)NC)CC(C)C2)c1. The summed E-state index contributed by atoms with van der Waals surface area (Å²) in [5.41, 5.74) is 9.07. The van der Waals surface area contributed by atoms with Crippen LogP contribution in [0.15, 0.2) is 24.3 Å². The van der Waals surface area contributed by atoms with Crippen LogP contribution in [0.2, 0.25) is 0 Å². The second-order valence-corrected chi connectivity index (χ2v) is 7.97. The molecule has 1 unspecified atom stereocenters. The van der Waals surface area contributed by atoms with Crippen molar-refractivity contribution in [2.24, 2.45) is 5.92 Å². The molecule has 0 aromatic heterocycles. The van der Waals surface area contributed by atoms with E-state index in [0.29, 0.717) is 11.0 Å². The minimum absolute atomic E-state index is 0.0893. The van der Waals surface area contributed by atoms with Crippen LogP contribution in [-0.4, -0.2) is 29.0 Å². The molecule has 1 saturated carbocycles. The molecule has 6 nitrogen and oxygen atoms in total. The molecule has 0 saturated heterocycles. The highest BCUT2D eigenvalue weighted by atomic mass is 32.1. The van der Waals surface area contributed by atoms with Crippen molar-refractivity contribution in [1.82, 2.24) is 16.2 Å². The van der Waals surface area contributed by atoms with E-state index in [1.807, 2.05) is 38.1 Å².